The molecule has 5 nitrogen and oxygen atoms in total. The molecule has 124 valence electrons. The average molecular weight is 318 g/mol. The van der Waals surface area contributed by atoms with Crippen molar-refractivity contribution in [3.63, 3.8) is 0 Å². The molecule has 1 aromatic rings. The normalized spacial score (nSPS) is 22.4. The number of hydrogen-bond donors (Lipinski definition) is 2. The Balaban J connectivity index is 1.81. The van der Waals surface area contributed by atoms with E-state index in [1.807, 2.05) is 0 Å². The van der Waals surface area contributed by atoms with Gasteiger partial charge in [-0.25, -0.2) is 0 Å². The highest BCUT2D eigenvalue weighted by Gasteiger charge is 2.41. The van der Waals surface area contributed by atoms with E-state index in [-0.39, 0.29) is 31.2 Å². The first-order chi connectivity index (χ1) is 10.4. The second-order valence-corrected chi connectivity index (χ2v) is 5.75. The first-order valence-electron chi connectivity index (χ1n) is 7.42. The highest BCUT2D eigenvalue weighted by Crippen LogP contribution is 2.39. The van der Waals surface area contributed by atoms with Crippen molar-refractivity contribution in [2.24, 2.45) is 11.8 Å². The quantitative estimate of drug-likeness (QED) is 0.876. The lowest BCUT2D eigenvalue weighted by Gasteiger charge is -2.30. The first kappa shape index (κ1) is 16.6. The van der Waals surface area contributed by atoms with Crippen molar-refractivity contribution in [1.82, 2.24) is 15.1 Å². The number of nitrogens with zero attached hydrogens (tertiary/aromatic N) is 2. The van der Waals surface area contributed by atoms with Gasteiger partial charge in [0.2, 0.25) is 5.91 Å². The van der Waals surface area contributed by atoms with Gasteiger partial charge in [-0.1, -0.05) is 6.42 Å². The monoisotopic (exact) mass is 318 g/mol. The molecule has 1 aliphatic rings. The predicted octanol–water partition coefficient (Wildman–Crippen LogP) is 2.41. The van der Waals surface area contributed by atoms with Crippen LogP contribution in [-0.2, 0) is 11.3 Å². The van der Waals surface area contributed by atoms with Gasteiger partial charge in [0.05, 0.1) is 17.8 Å². The zero-order valence-corrected chi connectivity index (χ0v) is 12.5. The summed E-state index contributed by atoms with van der Waals surface area (Å²) in [6.45, 7) is 0.621. The second kappa shape index (κ2) is 7.02. The Morgan fingerprint density at radius 1 is 1.45 bits per heavy atom. The number of rotatable bonds is 5. The molecule has 2 N–H and O–H groups in total. The Kier molecular flexibility index (Phi) is 5.31. The number of likely N-dealkylation sites (N-methyl/N-ethyl adjacent to an activating group) is 1. The molecule has 1 aliphatic carbocycles. The van der Waals surface area contributed by atoms with Crippen LogP contribution in [0, 0.1) is 11.8 Å². The molecule has 1 fully saturated rings. The van der Waals surface area contributed by atoms with Gasteiger partial charge in [0.1, 0.15) is 6.54 Å². The summed E-state index contributed by atoms with van der Waals surface area (Å²) in [6, 6.07) is 0. The Morgan fingerprint density at radius 3 is 2.91 bits per heavy atom. The van der Waals surface area contributed by atoms with Crippen LogP contribution in [0.25, 0.3) is 0 Å². The van der Waals surface area contributed by atoms with E-state index in [0.717, 1.165) is 12.1 Å². The summed E-state index contributed by atoms with van der Waals surface area (Å²) >= 11 is 0. The molecule has 22 heavy (non-hydrogen) atoms. The third-order valence-corrected chi connectivity index (χ3v) is 4.06. The third-order valence-electron chi connectivity index (χ3n) is 4.06. The molecule has 0 spiro atoms. The number of alkyl halides is 3. The van der Waals surface area contributed by atoms with Gasteiger partial charge in [-0.15, -0.1) is 0 Å². The summed E-state index contributed by atoms with van der Waals surface area (Å²) in [4.78, 5) is 11.2. The minimum atomic E-state index is -4.09. The van der Waals surface area contributed by atoms with Crippen LogP contribution < -0.4 is 10.6 Å². The van der Waals surface area contributed by atoms with Gasteiger partial charge in [0.15, 0.2) is 0 Å². The maximum atomic E-state index is 12.8. The summed E-state index contributed by atoms with van der Waals surface area (Å²) in [7, 11) is 1.55. The van der Waals surface area contributed by atoms with Crippen molar-refractivity contribution in [2.75, 3.05) is 18.9 Å². The molecule has 0 aliphatic heterocycles. The van der Waals surface area contributed by atoms with Gasteiger partial charge in [-0.3, -0.25) is 9.48 Å². The van der Waals surface area contributed by atoms with Gasteiger partial charge in [0, 0.05) is 19.8 Å². The second-order valence-electron chi connectivity index (χ2n) is 5.75. The van der Waals surface area contributed by atoms with Crippen LogP contribution in [0.15, 0.2) is 12.4 Å². The Hall–Kier alpha value is -1.73. The molecule has 0 radical (unpaired) electrons. The van der Waals surface area contributed by atoms with E-state index in [1.54, 1.807) is 19.4 Å². The molecule has 0 saturated heterocycles. The smallest absolute Gasteiger partial charge is 0.382 e. The summed E-state index contributed by atoms with van der Waals surface area (Å²) in [5.74, 6) is -1.32. The molecule has 0 bridgehead atoms. The van der Waals surface area contributed by atoms with Crippen LogP contribution in [0.4, 0.5) is 18.9 Å². The van der Waals surface area contributed by atoms with Crippen molar-refractivity contribution >= 4 is 11.6 Å². The van der Waals surface area contributed by atoms with Crippen LogP contribution in [0.3, 0.4) is 0 Å². The van der Waals surface area contributed by atoms with Crippen molar-refractivity contribution in [1.29, 1.82) is 0 Å². The van der Waals surface area contributed by atoms with E-state index in [9.17, 15) is 18.0 Å². The maximum Gasteiger partial charge on any atom is 0.391 e. The van der Waals surface area contributed by atoms with E-state index >= 15 is 0 Å². The third kappa shape index (κ3) is 4.64. The van der Waals surface area contributed by atoms with Gasteiger partial charge >= 0.3 is 6.18 Å². The van der Waals surface area contributed by atoms with E-state index in [4.69, 9.17) is 0 Å². The zero-order chi connectivity index (χ0) is 16.2. The van der Waals surface area contributed by atoms with Crippen molar-refractivity contribution in [3.8, 4) is 0 Å². The van der Waals surface area contributed by atoms with Crippen LogP contribution in [0.1, 0.15) is 25.7 Å². The molecule has 0 aromatic carbocycles. The van der Waals surface area contributed by atoms with Crippen molar-refractivity contribution in [2.45, 2.75) is 38.4 Å². The molecule has 1 heterocycles. The fourth-order valence-electron chi connectivity index (χ4n) is 2.80. The number of aromatic nitrogens is 2. The Bertz CT molecular complexity index is 501. The molecule has 8 heteroatoms. The summed E-state index contributed by atoms with van der Waals surface area (Å²) in [5.41, 5.74) is 0.720. The zero-order valence-electron chi connectivity index (χ0n) is 12.5. The lowest BCUT2D eigenvalue weighted by atomic mass is 9.81. The van der Waals surface area contributed by atoms with Gasteiger partial charge in [-0.05, 0) is 25.2 Å². The molecule has 2 rings (SSSR count). The SMILES string of the molecule is CNC(=O)Cn1cc(NCC2CCCC(C(F)(F)F)C2)cn1. The highest BCUT2D eigenvalue weighted by molar-refractivity contribution is 5.75. The fraction of sp³-hybridized carbons (Fsp3) is 0.714. The lowest BCUT2D eigenvalue weighted by Crippen LogP contribution is -2.31. The van der Waals surface area contributed by atoms with Crippen LogP contribution in [0.2, 0.25) is 0 Å². The van der Waals surface area contributed by atoms with Gasteiger partial charge in [-0.2, -0.15) is 18.3 Å². The number of nitrogens with one attached hydrogen (secondary N) is 2. The van der Waals surface area contributed by atoms with Crippen molar-refractivity contribution in [3.05, 3.63) is 12.4 Å². The number of carbonyl (C=O) groups is 1. The van der Waals surface area contributed by atoms with Gasteiger partial charge in [0.25, 0.3) is 0 Å². The fourth-order valence-corrected chi connectivity index (χ4v) is 2.80. The predicted molar refractivity (Wildman–Crippen MR) is 76.3 cm³/mol. The molecule has 1 aromatic heterocycles. The number of anilines is 1. The number of halogens is 3. The van der Waals surface area contributed by atoms with Gasteiger partial charge < -0.3 is 10.6 Å². The first-order valence-corrected chi connectivity index (χ1v) is 7.42. The van der Waals surface area contributed by atoms with Crippen LogP contribution in [-0.4, -0.2) is 35.5 Å². The summed E-state index contributed by atoms with van der Waals surface area (Å²) in [6.07, 6.45) is 1.02. The topological polar surface area (TPSA) is 59.0 Å². The highest BCUT2D eigenvalue weighted by atomic mass is 19.4. The van der Waals surface area contributed by atoms with E-state index in [1.165, 1.54) is 4.68 Å². The van der Waals surface area contributed by atoms with Crippen molar-refractivity contribution < 1.29 is 18.0 Å². The minimum absolute atomic E-state index is 0.0164. The van der Waals surface area contributed by atoms with E-state index < -0.39 is 12.1 Å². The number of hydrogen-bond acceptors (Lipinski definition) is 3. The molecule has 2 atom stereocenters. The summed E-state index contributed by atoms with van der Waals surface area (Å²) in [5, 5.41) is 9.65. The lowest BCUT2D eigenvalue weighted by molar-refractivity contribution is -0.185. The molecular formula is C14H21F3N4O. The maximum absolute atomic E-state index is 12.8. The number of amides is 1. The Labute approximate surface area is 127 Å². The molecule has 1 saturated carbocycles. The molecule has 1 amide bonds. The molecule has 2 unspecified atom stereocenters. The largest absolute Gasteiger partial charge is 0.391 e. The van der Waals surface area contributed by atoms with Crippen LogP contribution >= 0.6 is 0 Å². The van der Waals surface area contributed by atoms with E-state index in [0.29, 0.717) is 13.0 Å². The Morgan fingerprint density at radius 2 is 2.23 bits per heavy atom. The standard InChI is InChI=1S/C14H21F3N4O/c1-18-13(22)9-21-8-12(7-20-21)19-6-10-3-2-4-11(5-10)14(15,16)17/h7-8,10-11,19H,2-6,9H2,1H3,(H,18,22). The average Bonchev–Trinajstić information content (AvgIpc) is 2.92. The molecular weight excluding hydrogens is 297 g/mol. The number of carbonyl (C=O) groups excluding carboxylic acids is 1. The summed E-state index contributed by atoms with van der Waals surface area (Å²) < 4.78 is 39.8. The minimum Gasteiger partial charge on any atom is -0.382 e. The van der Waals surface area contributed by atoms with E-state index in [2.05, 4.69) is 15.7 Å². The van der Waals surface area contributed by atoms with Crippen LogP contribution in [0.5, 0.6) is 0 Å².